The summed E-state index contributed by atoms with van der Waals surface area (Å²) in [6.45, 7) is 8.41. The van der Waals surface area contributed by atoms with Crippen molar-refractivity contribution in [3.05, 3.63) is 23.8 Å². The van der Waals surface area contributed by atoms with Crippen LogP contribution >= 0.6 is 11.8 Å². The molecule has 1 rings (SSSR count). The number of nitrogens with two attached hydrogens (primary N) is 1. The first kappa shape index (κ1) is 14.9. The molecule has 0 heterocycles. The average Bonchev–Trinajstić information content (AvgIpc) is 2.21. The van der Waals surface area contributed by atoms with Crippen molar-refractivity contribution in [2.24, 2.45) is 0 Å². The predicted octanol–water partition coefficient (Wildman–Crippen LogP) is 3.44. The molecule has 0 bridgehead atoms. The number of carbonyl (C=O) groups is 1. The Kier molecular flexibility index (Phi) is 5.08. The Bertz CT molecular complexity index is 424. The number of hydrogen-bond donors (Lipinski definition) is 2. The molecule has 0 atom stereocenters. The van der Waals surface area contributed by atoms with E-state index in [2.05, 4.69) is 26.1 Å². The predicted molar refractivity (Wildman–Crippen MR) is 81.0 cm³/mol. The monoisotopic (exact) mass is 266 g/mol. The van der Waals surface area contributed by atoms with Crippen LogP contribution in [0.15, 0.2) is 18.2 Å². The Morgan fingerprint density at radius 1 is 1.39 bits per heavy atom. The highest BCUT2D eigenvalue weighted by Gasteiger charge is 2.12. The molecule has 0 aliphatic heterocycles. The minimum absolute atomic E-state index is 0.0421. The summed E-state index contributed by atoms with van der Waals surface area (Å²) < 4.78 is 0.202. The third kappa shape index (κ3) is 5.45. The van der Waals surface area contributed by atoms with E-state index in [1.165, 1.54) is 0 Å². The van der Waals surface area contributed by atoms with E-state index in [1.54, 1.807) is 17.8 Å². The molecule has 4 heteroatoms. The summed E-state index contributed by atoms with van der Waals surface area (Å²) in [5.74, 6) is 0.872. The molecule has 1 amide bonds. The van der Waals surface area contributed by atoms with Crippen molar-refractivity contribution >= 4 is 29.0 Å². The van der Waals surface area contributed by atoms with Gasteiger partial charge in [0.1, 0.15) is 0 Å². The molecule has 0 saturated carbocycles. The molecule has 3 N–H and O–H groups in total. The lowest BCUT2D eigenvalue weighted by Gasteiger charge is -2.17. The Morgan fingerprint density at radius 3 is 2.67 bits per heavy atom. The Labute approximate surface area is 114 Å². The average molecular weight is 266 g/mol. The third-order valence-electron chi connectivity index (χ3n) is 2.40. The Morgan fingerprint density at radius 2 is 2.06 bits per heavy atom. The molecule has 3 nitrogen and oxygen atoms in total. The van der Waals surface area contributed by atoms with Gasteiger partial charge in [-0.15, -0.1) is 0 Å². The van der Waals surface area contributed by atoms with Gasteiger partial charge in [0.05, 0.1) is 0 Å². The third-order valence-corrected chi connectivity index (χ3v) is 3.67. The smallest absolute Gasteiger partial charge is 0.225 e. The van der Waals surface area contributed by atoms with E-state index in [-0.39, 0.29) is 10.7 Å². The maximum Gasteiger partial charge on any atom is 0.225 e. The first-order valence-corrected chi connectivity index (χ1v) is 7.06. The summed E-state index contributed by atoms with van der Waals surface area (Å²) in [5, 5.41) is 2.91. The molecule has 0 saturated heterocycles. The van der Waals surface area contributed by atoms with E-state index in [4.69, 9.17) is 5.73 Å². The standard InChI is InChI=1S/C14H22N2OS/c1-10-5-6-11(15)9-12(10)16-13(17)7-8-18-14(2,3)4/h5-6,9H,7-8,15H2,1-4H3,(H,16,17). The van der Waals surface area contributed by atoms with Gasteiger partial charge >= 0.3 is 0 Å². The zero-order valence-electron chi connectivity index (χ0n) is 11.5. The largest absolute Gasteiger partial charge is 0.399 e. The van der Waals surface area contributed by atoms with Crippen LogP contribution in [0.4, 0.5) is 11.4 Å². The summed E-state index contributed by atoms with van der Waals surface area (Å²) in [6, 6.07) is 5.54. The molecular weight excluding hydrogens is 244 g/mol. The molecule has 0 fully saturated rings. The van der Waals surface area contributed by atoms with Crippen molar-refractivity contribution in [3.8, 4) is 0 Å². The maximum atomic E-state index is 11.8. The van der Waals surface area contributed by atoms with Crippen LogP contribution in [0.1, 0.15) is 32.8 Å². The number of aryl methyl sites for hydroxylation is 1. The van der Waals surface area contributed by atoms with Crippen LogP contribution in [0.3, 0.4) is 0 Å². The van der Waals surface area contributed by atoms with E-state index in [0.717, 1.165) is 17.0 Å². The van der Waals surface area contributed by atoms with Crippen molar-refractivity contribution in [3.63, 3.8) is 0 Å². The second-order valence-corrected chi connectivity index (χ2v) is 7.26. The number of hydrogen-bond acceptors (Lipinski definition) is 3. The number of nitrogen functional groups attached to an aromatic ring is 1. The van der Waals surface area contributed by atoms with Crippen LogP contribution < -0.4 is 11.1 Å². The molecule has 0 unspecified atom stereocenters. The van der Waals surface area contributed by atoms with Crippen molar-refractivity contribution in [1.29, 1.82) is 0 Å². The van der Waals surface area contributed by atoms with Crippen LogP contribution in [0, 0.1) is 6.92 Å². The number of anilines is 2. The van der Waals surface area contributed by atoms with Crippen LogP contribution in [-0.2, 0) is 4.79 Å². The van der Waals surface area contributed by atoms with Crippen LogP contribution in [0.5, 0.6) is 0 Å². The highest BCUT2D eigenvalue weighted by atomic mass is 32.2. The van der Waals surface area contributed by atoms with E-state index in [9.17, 15) is 4.79 Å². The summed E-state index contributed by atoms with van der Waals surface area (Å²) in [5.41, 5.74) is 8.21. The number of rotatable bonds is 4. The summed E-state index contributed by atoms with van der Waals surface area (Å²) in [6.07, 6.45) is 0.524. The van der Waals surface area contributed by atoms with E-state index < -0.39 is 0 Å². The lowest BCUT2D eigenvalue weighted by molar-refractivity contribution is -0.115. The van der Waals surface area contributed by atoms with Gasteiger partial charge in [0, 0.05) is 28.3 Å². The molecule has 0 radical (unpaired) electrons. The normalized spacial score (nSPS) is 11.3. The SMILES string of the molecule is Cc1ccc(N)cc1NC(=O)CCSC(C)(C)C. The van der Waals surface area contributed by atoms with Crippen molar-refractivity contribution in [2.45, 2.75) is 38.9 Å². The van der Waals surface area contributed by atoms with Gasteiger partial charge in [-0.05, 0) is 24.6 Å². The maximum absolute atomic E-state index is 11.8. The topological polar surface area (TPSA) is 55.1 Å². The Balaban J connectivity index is 2.47. The van der Waals surface area contributed by atoms with Crippen LogP contribution in [0.25, 0.3) is 0 Å². The van der Waals surface area contributed by atoms with Gasteiger partial charge in [0.2, 0.25) is 5.91 Å². The van der Waals surface area contributed by atoms with Crippen molar-refractivity contribution in [1.82, 2.24) is 0 Å². The Hall–Kier alpha value is -1.16. The van der Waals surface area contributed by atoms with Gasteiger partial charge in [-0.2, -0.15) is 11.8 Å². The highest BCUT2D eigenvalue weighted by molar-refractivity contribution is 8.00. The molecule has 100 valence electrons. The first-order valence-electron chi connectivity index (χ1n) is 6.08. The number of amides is 1. The lowest BCUT2D eigenvalue weighted by Crippen LogP contribution is -2.15. The molecule has 1 aromatic carbocycles. The molecule has 18 heavy (non-hydrogen) atoms. The highest BCUT2D eigenvalue weighted by Crippen LogP contribution is 2.24. The fraction of sp³-hybridized carbons (Fsp3) is 0.500. The number of carbonyl (C=O) groups excluding carboxylic acids is 1. The second-order valence-electron chi connectivity index (χ2n) is 5.33. The molecule has 0 aliphatic rings. The van der Waals surface area contributed by atoms with Crippen LogP contribution in [-0.4, -0.2) is 16.4 Å². The first-order chi connectivity index (χ1) is 8.28. The lowest BCUT2D eigenvalue weighted by atomic mass is 10.2. The van der Waals surface area contributed by atoms with E-state index >= 15 is 0 Å². The molecule has 1 aromatic rings. The van der Waals surface area contributed by atoms with E-state index in [0.29, 0.717) is 12.1 Å². The van der Waals surface area contributed by atoms with Crippen molar-refractivity contribution in [2.75, 3.05) is 16.8 Å². The fourth-order valence-corrected chi connectivity index (χ4v) is 2.34. The minimum Gasteiger partial charge on any atom is -0.399 e. The summed E-state index contributed by atoms with van der Waals surface area (Å²) in [4.78, 5) is 11.8. The summed E-state index contributed by atoms with van der Waals surface area (Å²) >= 11 is 1.79. The van der Waals surface area contributed by atoms with E-state index in [1.807, 2.05) is 19.1 Å². The zero-order chi connectivity index (χ0) is 13.8. The zero-order valence-corrected chi connectivity index (χ0v) is 12.4. The fourth-order valence-electron chi connectivity index (χ4n) is 1.44. The number of thioether (sulfide) groups is 1. The van der Waals surface area contributed by atoms with Gasteiger partial charge in [-0.1, -0.05) is 26.8 Å². The molecule has 0 aliphatic carbocycles. The van der Waals surface area contributed by atoms with Gasteiger partial charge in [0.15, 0.2) is 0 Å². The minimum atomic E-state index is 0.0421. The van der Waals surface area contributed by atoms with Crippen molar-refractivity contribution < 1.29 is 4.79 Å². The number of benzene rings is 1. The molecule has 0 aromatic heterocycles. The quantitative estimate of drug-likeness (QED) is 0.821. The summed E-state index contributed by atoms with van der Waals surface area (Å²) in [7, 11) is 0. The second kappa shape index (κ2) is 6.14. The molecule has 0 spiro atoms. The van der Waals surface area contributed by atoms with Gasteiger partial charge in [-0.3, -0.25) is 4.79 Å². The van der Waals surface area contributed by atoms with Gasteiger partial charge < -0.3 is 11.1 Å². The van der Waals surface area contributed by atoms with Crippen LogP contribution in [0.2, 0.25) is 0 Å². The van der Waals surface area contributed by atoms with Gasteiger partial charge in [0.25, 0.3) is 0 Å². The molecular formula is C14H22N2OS. The van der Waals surface area contributed by atoms with Gasteiger partial charge in [-0.25, -0.2) is 0 Å². The number of nitrogens with one attached hydrogen (secondary N) is 1.